The summed E-state index contributed by atoms with van der Waals surface area (Å²) >= 11 is 0. The Kier molecular flexibility index (Phi) is 5.03. The summed E-state index contributed by atoms with van der Waals surface area (Å²) in [5, 5.41) is 2.88. The van der Waals surface area contributed by atoms with Gasteiger partial charge in [0.1, 0.15) is 17.7 Å². The minimum absolute atomic E-state index is 0.230. The lowest BCUT2D eigenvalue weighted by Gasteiger charge is -2.38. The molecule has 0 unspecified atom stereocenters. The average molecular weight is 451 g/mol. The zero-order valence-corrected chi connectivity index (χ0v) is 17.4. The number of fused-ring (bicyclic) bond motifs is 1. The van der Waals surface area contributed by atoms with E-state index in [0.717, 1.165) is 25.0 Å². The van der Waals surface area contributed by atoms with Crippen molar-refractivity contribution >= 4 is 23.3 Å². The Balaban J connectivity index is 1.34. The van der Waals surface area contributed by atoms with Crippen molar-refractivity contribution in [3.8, 4) is 0 Å². The van der Waals surface area contributed by atoms with Gasteiger partial charge in [-0.05, 0) is 43.7 Å². The first-order valence-electron chi connectivity index (χ1n) is 10.8. The molecule has 0 aromatic carbocycles. The number of rotatable bonds is 3. The highest BCUT2D eigenvalue weighted by Crippen LogP contribution is 2.36. The highest BCUT2D eigenvalue weighted by Gasteiger charge is 2.52. The summed E-state index contributed by atoms with van der Waals surface area (Å²) < 4.78 is 47.1. The summed E-state index contributed by atoms with van der Waals surface area (Å²) in [7, 11) is 0. The first kappa shape index (κ1) is 21.0. The lowest BCUT2D eigenvalue weighted by molar-refractivity contribution is -0.137. The molecule has 32 heavy (non-hydrogen) atoms. The largest absolute Gasteiger partial charge is 0.416 e. The number of aromatic nitrogens is 2. The van der Waals surface area contributed by atoms with E-state index in [1.165, 1.54) is 17.4 Å². The number of halogens is 3. The normalized spacial score (nSPS) is 22.2. The molecule has 2 aromatic rings. The van der Waals surface area contributed by atoms with Crippen LogP contribution in [0.2, 0.25) is 0 Å². The number of carbonyl (C=O) groups excluding carboxylic acids is 2. The summed E-state index contributed by atoms with van der Waals surface area (Å²) in [4.78, 5) is 32.9. The van der Waals surface area contributed by atoms with Crippen LogP contribution in [0.4, 0.5) is 23.8 Å². The highest BCUT2D eigenvalue weighted by molar-refractivity contribution is 6.07. The molecule has 172 valence electrons. The summed E-state index contributed by atoms with van der Waals surface area (Å²) in [5.41, 5.74) is -1.38. The number of imidazole rings is 1. The van der Waals surface area contributed by atoms with Crippen LogP contribution < -0.4 is 10.2 Å². The van der Waals surface area contributed by atoms with Crippen LogP contribution in [0.15, 0.2) is 24.7 Å². The Morgan fingerprint density at radius 3 is 2.56 bits per heavy atom. The van der Waals surface area contributed by atoms with Crippen LogP contribution in [0, 0.1) is 5.92 Å². The maximum absolute atomic E-state index is 13.4. The molecule has 0 aliphatic carbocycles. The number of ether oxygens (including phenoxy) is 1. The Bertz CT molecular complexity index is 1040. The molecule has 5 heterocycles. The number of amides is 3. The number of urea groups is 1. The Morgan fingerprint density at radius 1 is 1.16 bits per heavy atom. The van der Waals surface area contributed by atoms with Gasteiger partial charge in [0, 0.05) is 32.8 Å². The van der Waals surface area contributed by atoms with Crippen molar-refractivity contribution in [2.24, 2.45) is 5.92 Å². The Labute approximate surface area is 182 Å². The van der Waals surface area contributed by atoms with Gasteiger partial charge in [0.15, 0.2) is 0 Å². The van der Waals surface area contributed by atoms with Crippen LogP contribution in [0.5, 0.6) is 0 Å². The van der Waals surface area contributed by atoms with Gasteiger partial charge >= 0.3 is 12.2 Å². The van der Waals surface area contributed by atoms with Gasteiger partial charge in [0.2, 0.25) is 0 Å². The lowest BCUT2D eigenvalue weighted by Crippen LogP contribution is -2.55. The zero-order chi connectivity index (χ0) is 22.5. The first-order valence-corrected chi connectivity index (χ1v) is 10.8. The van der Waals surface area contributed by atoms with Crippen molar-refractivity contribution < 1.29 is 27.5 Å². The third kappa shape index (κ3) is 3.58. The molecule has 3 fully saturated rings. The van der Waals surface area contributed by atoms with E-state index in [4.69, 9.17) is 4.74 Å². The van der Waals surface area contributed by atoms with Crippen molar-refractivity contribution in [1.82, 2.24) is 19.6 Å². The molecule has 0 bridgehead atoms. The quantitative estimate of drug-likeness (QED) is 0.726. The van der Waals surface area contributed by atoms with Gasteiger partial charge in [0.25, 0.3) is 5.91 Å². The molecular weight excluding hydrogens is 427 g/mol. The van der Waals surface area contributed by atoms with E-state index < -0.39 is 17.3 Å². The number of pyridine rings is 1. The van der Waals surface area contributed by atoms with Gasteiger partial charge in [-0.25, -0.2) is 9.78 Å². The molecule has 0 saturated carbocycles. The topological polar surface area (TPSA) is 79.2 Å². The van der Waals surface area contributed by atoms with E-state index >= 15 is 0 Å². The fraction of sp³-hybridized carbons (Fsp3) is 0.571. The van der Waals surface area contributed by atoms with Crippen LogP contribution >= 0.6 is 0 Å². The average Bonchev–Trinajstić information content (AvgIpc) is 3.33. The van der Waals surface area contributed by atoms with E-state index in [1.54, 1.807) is 4.40 Å². The van der Waals surface area contributed by atoms with E-state index in [-0.39, 0.29) is 17.9 Å². The van der Waals surface area contributed by atoms with Gasteiger partial charge < -0.3 is 15.0 Å². The fourth-order valence-corrected chi connectivity index (χ4v) is 4.91. The second-order valence-corrected chi connectivity index (χ2v) is 8.76. The number of anilines is 1. The SMILES string of the molecule is O=C1NC2(CCN(c3cc(C(F)(F)F)cc4cncn34)CC2)C(=O)N1CC1CCOCC1. The highest BCUT2D eigenvalue weighted by atomic mass is 19.4. The molecule has 3 aliphatic rings. The smallest absolute Gasteiger partial charge is 0.381 e. The number of alkyl halides is 3. The van der Waals surface area contributed by atoms with Crippen LogP contribution in [0.25, 0.3) is 5.52 Å². The van der Waals surface area contributed by atoms with Crippen LogP contribution in [-0.4, -0.2) is 64.6 Å². The zero-order valence-electron chi connectivity index (χ0n) is 17.4. The fourth-order valence-electron chi connectivity index (χ4n) is 4.91. The number of nitrogens with zero attached hydrogens (tertiary/aromatic N) is 4. The number of imide groups is 1. The minimum atomic E-state index is -4.47. The second kappa shape index (κ2) is 7.65. The molecular formula is C21H24F3N5O3. The molecule has 8 nitrogen and oxygen atoms in total. The predicted molar refractivity (Wildman–Crippen MR) is 108 cm³/mol. The van der Waals surface area contributed by atoms with Crippen LogP contribution in [-0.2, 0) is 15.7 Å². The molecule has 11 heteroatoms. The molecule has 3 amide bonds. The maximum atomic E-state index is 13.4. The van der Waals surface area contributed by atoms with Gasteiger partial charge in [-0.1, -0.05) is 0 Å². The Morgan fingerprint density at radius 2 is 1.88 bits per heavy atom. The number of hydrogen-bond acceptors (Lipinski definition) is 5. The Hall–Kier alpha value is -2.82. The predicted octanol–water partition coefficient (Wildman–Crippen LogP) is 2.67. The summed E-state index contributed by atoms with van der Waals surface area (Å²) in [6, 6.07) is 1.79. The van der Waals surface area contributed by atoms with E-state index in [1.807, 2.05) is 4.90 Å². The van der Waals surface area contributed by atoms with Crippen LogP contribution in [0.3, 0.4) is 0 Å². The molecule has 1 N–H and O–H groups in total. The summed E-state index contributed by atoms with van der Waals surface area (Å²) in [5.74, 6) is 0.372. The van der Waals surface area contributed by atoms with Crippen molar-refractivity contribution in [2.45, 2.75) is 37.4 Å². The molecule has 0 radical (unpaired) electrons. The number of piperidine rings is 1. The van der Waals surface area contributed by atoms with Crippen molar-refractivity contribution in [3.05, 3.63) is 30.2 Å². The molecule has 1 spiro atoms. The number of nitrogens with one attached hydrogen (secondary N) is 1. The molecule has 3 saturated heterocycles. The second-order valence-electron chi connectivity index (χ2n) is 8.76. The molecule has 2 aromatic heterocycles. The van der Waals surface area contributed by atoms with E-state index in [2.05, 4.69) is 10.3 Å². The third-order valence-electron chi connectivity index (χ3n) is 6.80. The third-order valence-corrected chi connectivity index (χ3v) is 6.80. The van der Waals surface area contributed by atoms with E-state index in [9.17, 15) is 22.8 Å². The van der Waals surface area contributed by atoms with Gasteiger partial charge in [0.05, 0.1) is 17.3 Å². The summed E-state index contributed by atoms with van der Waals surface area (Å²) in [6.45, 7) is 2.32. The standard InChI is InChI=1S/C21H24F3N5O3/c22-21(23,24)15-9-16-11-25-13-29(16)17(10-15)27-5-3-20(4-6-27)18(30)28(19(31)26-20)12-14-1-7-32-8-2-14/h9-11,13-14H,1-8,12H2,(H,26,31). The maximum Gasteiger partial charge on any atom is 0.416 e. The molecule has 3 aliphatic heterocycles. The monoisotopic (exact) mass is 451 g/mol. The van der Waals surface area contributed by atoms with E-state index in [0.29, 0.717) is 57.0 Å². The van der Waals surface area contributed by atoms with Gasteiger partial charge in [-0.3, -0.25) is 14.1 Å². The van der Waals surface area contributed by atoms with Crippen molar-refractivity contribution in [3.63, 3.8) is 0 Å². The molecule has 5 rings (SSSR count). The lowest BCUT2D eigenvalue weighted by atomic mass is 9.87. The van der Waals surface area contributed by atoms with Gasteiger partial charge in [-0.15, -0.1) is 0 Å². The van der Waals surface area contributed by atoms with Crippen molar-refractivity contribution in [1.29, 1.82) is 0 Å². The molecule has 0 atom stereocenters. The van der Waals surface area contributed by atoms with Crippen molar-refractivity contribution in [2.75, 3.05) is 37.7 Å². The summed E-state index contributed by atoms with van der Waals surface area (Å²) in [6.07, 6.45) is 0.676. The first-order chi connectivity index (χ1) is 15.3. The van der Waals surface area contributed by atoms with Crippen LogP contribution in [0.1, 0.15) is 31.2 Å². The number of hydrogen-bond donors (Lipinski definition) is 1. The van der Waals surface area contributed by atoms with Gasteiger partial charge in [-0.2, -0.15) is 13.2 Å². The number of carbonyl (C=O) groups is 2. The minimum Gasteiger partial charge on any atom is -0.381 e.